The van der Waals surface area contributed by atoms with Crippen molar-refractivity contribution in [3.63, 3.8) is 0 Å². The van der Waals surface area contributed by atoms with E-state index in [1.54, 1.807) is 16.8 Å². The lowest BCUT2D eigenvalue weighted by atomic mass is 10.2. The van der Waals surface area contributed by atoms with Gasteiger partial charge in [0.1, 0.15) is 0 Å². The van der Waals surface area contributed by atoms with Crippen LogP contribution in [0.1, 0.15) is 0 Å². The Morgan fingerprint density at radius 1 is 1.05 bits per heavy atom. The van der Waals surface area contributed by atoms with Crippen LogP contribution in [0.5, 0.6) is 0 Å². The highest BCUT2D eigenvalue weighted by atomic mass is 32.1. The topological polar surface area (TPSA) is 59.9 Å². The van der Waals surface area contributed by atoms with Gasteiger partial charge in [-0.3, -0.25) is 10.1 Å². The van der Waals surface area contributed by atoms with Gasteiger partial charge >= 0.3 is 0 Å². The molecule has 0 atom stereocenters. The number of nitro groups is 1. The monoisotopic (exact) mass is 284 g/mol. The average Bonchev–Trinajstić information content (AvgIpc) is 2.98. The largest absolute Gasteiger partial charge is 0.269 e. The molecule has 0 saturated carbocycles. The summed E-state index contributed by atoms with van der Waals surface area (Å²) in [5.41, 5.74) is 3.81. The molecule has 1 aromatic heterocycles. The van der Waals surface area contributed by atoms with Crippen molar-refractivity contribution in [2.45, 2.75) is 0 Å². The molecule has 2 aromatic carbocycles. The van der Waals surface area contributed by atoms with Gasteiger partial charge in [-0.25, -0.2) is 0 Å². The minimum Gasteiger partial charge on any atom is -0.258 e. The Hall–Kier alpha value is -2.60. The van der Waals surface area contributed by atoms with Crippen molar-refractivity contribution in [3.05, 3.63) is 70.2 Å². The van der Waals surface area contributed by atoms with E-state index in [4.69, 9.17) is 0 Å². The summed E-state index contributed by atoms with van der Waals surface area (Å²) in [5.74, 6) is 0. The van der Waals surface area contributed by atoms with Gasteiger partial charge in [0.2, 0.25) is 5.69 Å². The summed E-state index contributed by atoms with van der Waals surface area (Å²) >= 11 is 1.53. The minimum absolute atomic E-state index is 0.0767. The molecule has 0 aliphatic carbocycles. The molecule has 3 aromatic rings. The Morgan fingerprint density at radius 3 is 2.40 bits per heavy atom. The molecule has 0 bridgehead atoms. The highest BCUT2D eigenvalue weighted by molar-refractivity contribution is 7.12. The van der Waals surface area contributed by atoms with Crippen molar-refractivity contribution in [1.82, 2.24) is 5.10 Å². The van der Waals surface area contributed by atoms with E-state index < -0.39 is 4.92 Å². The number of hydrogen-bond donors (Lipinski definition) is 0. The third-order valence-corrected chi connectivity index (χ3v) is 3.65. The van der Waals surface area contributed by atoms with Crippen molar-refractivity contribution in [2.24, 2.45) is 0 Å². The van der Waals surface area contributed by atoms with Crippen molar-refractivity contribution >= 4 is 17.0 Å². The first-order valence-electron chi connectivity index (χ1n) is 5.92. The molecule has 0 amide bonds. The van der Waals surface area contributed by atoms with E-state index >= 15 is 0 Å². The second kappa shape index (κ2) is 5.18. The number of hydrogen-bond acceptors (Lipinski definition) is 4. The van der Waals surface area contributed by atoms with Gasteiger partial charge in [0.05, 0.1) is 4.92 Å². The van der Waals surface area contributed by atoms with Crippen LogP contribution in [0.2, 0.25) is 0 Å². The van der Waals surface area contributed by atoms with E-state index in [1.807, 2.05) is 35.8 Å². The van der Waals surface area contributed by atoms with E-state index in [1.165, 1.54) is 23.5 Å². The zero-order valence-electron chi connectivity index (χ0n) is 10.3. The molecule has 0 aliphatic rings. The first kappa shape index (κ1) is 12.4. The van der Waals surface area contributed by atoms with Crippen LogP contribution in [0.3, 0.4) is 0 Å². The number of aromatic nitrogens is 2. The number of non-ortho nitro benzene ring substituents is 1. The van der Waals surface area contributed by atoms with Gasteiger partial charge in [-0.1, -0.05) is 30.3 Å². The van der Waals surface area contributed by atoms with Gasteiger partial charge < -0.3 is 0 Å². The lowest BCUT2D eigenvalue weighted by Gasteiger charge is -1.91. The van der Waals surface area contributed by atoms with Crippen LogP contribution in [-0.2, 0) is 0 Å². The molecule has 0 saturated heterocycles. The van der Waals surface area contributed by atoms with Crippen LogP contribution >= 0.6 is 11.3 Å². The fourth-order valence-corrected chi connectivity index (χ4v) is 2.57. The maximum absolute atomic E-state index is 10.6. The molecule has 0 unspecified atom stereocenters. The Kier molecular flexibility index (Phi) is 3.22. The molecule has 6 heteroatoms. The molecule has 0 radical (unpaired) electrons. The van der Waals surface area contributed by atoms with Gasteiger partial charge in [0, 0.05) is 34.9 Å². The van der Waals surface area contributed by atoms with Crippen molar-refractivity contribution in [3.8, 4) is 16.3 Å². The first-order chi connectivity index (χ1) is 9.74. The molecular weight excluding hydrogens is 274 g/mol. The molecular formula is C14H10N3O2S+. The summed E-state index contributed by atoms with van der Waals surface area (Å²) < 4.78 is 1.72. The number of nitrogens with zero attached hydrogens (tertiary/aromatic N) is 3. The molecule has 0 spiro atoms. The molecule has 20 heavy (non-hydrogen) atoms. The molecule has 0 N–H and O–H groups in total. The second-order valence-electron chi connectivity index (χ2n) is 4.11. The second-order valence-corrected chi connectivity index (χ2v) is 4.95. The lowest BCUT2D eigenvalue weighted by molar-refractivity contribution is -0.653. The lowest BCUT2D eigenvalue weighted by Crippen LogP contribution is -2.31. The van der Waals surface area contributed by atoms with E-state index in [9.17, 15) is 10.1 Å². The molecule has 3 rings (SSSR count). The van der Waals surface area contributed by atoms with E-state index in [-0.39, 0.29) is 5.69 Å². The molecule has 0 fully saturated rings. The number of nitro benzene ring substituents is 1. The summed E-state index contributed by atoms with van der Waals surface area (Å²) in [5, 5.41) is 16.0. The zero-order chi connectivity index (χ0) is 13.9. The van der Waals surface area contributed by atoms with Gasteiger partial charge in [-0.05, 0) is 16.0 Å². The number of rotatable bonds is 3. The highest BCUT2D eigenvalue weighted by Crippen LogP contribution is 2.20. The van der Waals surface area contributed by atoms with Crippen LogP contribution in [0.15, 0.2) is 60.1 Å². The van der Waals surface area contributed by atoms with Crippen LogP contribution in [0.4, 0.5) is 5.69 Å². The predicted octanol–water partition coefficient (Wildman–Crippen LogP) is 3.00. The van der Waals surface area contributed by atoms with Crippen molar-refractivity contribution < 1.29 is 9.61 Å². The smallest absolute Gasteiger partial charge is 0.258 e. The summed E-state index contributed by atoms with van der Waals surface area (Å²) in [6.45, 7) is 0. The fourth-order valence-electron chi connectivity index (χ4n) is 1.80. The van der Waals surface area contributed by atoms with Crippen molar-refractivity contribution in [1.29, 1.82) is 0 Å². The highest BCUT2D eigenvalue weighted by Gasteiger charge is 2.15. The van der Waals surface area contributed by atoms with Gasteiger partial charge in [0.15, 0.2) is 5.01 Å². The van der Waals surface area contributed by atoms with Crippen LogP contribution in [-0.4, -0.2) is 10.0 Å². The van der Waals surface area contributed by atoms with E-state index in [0.29, 0.717) is 0 Å². The van der Waals surface area contributed by atoms with Crippen LogP contribution < -0.4 is 4.68 Å². The van der Waals surface area contributed by atoms with Gasteiger partial charge in [-0.15, -0.1) is 0 Å². The summed E-state index contributed by atoms with van der Waals surface area (Å²) in [7, 11) is 0. The Labute approximate surface area is 118 Å². The molecule has 5 nitrogen and oxygen atoms in total. The zero-order valence-corrected chi connectivity index (χ0v) is 11.2. The summed E-state index contributed by atoms with van der Waals surface area (Å²) in [6.07, 6.45) is 0. The third kappa shape index (κ3) is 2.41. The number of benzene rings is 2. The van der Waals surface area contributed by atoms with Crippen LogP contribution in [0, 0.1) is 10.1 Å². The minimum atomic E-state index is -0.412. The standard InChI is InChI=1S/C14H10N3O2S/c18-17(19)13-8-6-12(7-9-13)16-10-20-14(15-16)11-4-2-1-3-5-11/h1-10H/q+1. The van der Waals surface area contributed by atoms with Crippen molar-refractivity contribution in [2.75, 3.05) is 0 Å². The molecule has 1 heterocycles. The first-order valence-corrected chi connectivity index (χ1v) is 6.80. The SMILES string of the molecule is O=[N+]([O-])c1ccc(-[n+]2csc(-c3ccccc3)n2)cc1. The Balaban J connectivity index is 1.92. The fraction of sp³-hybridized carbons (Fsp3) is 0. The average molecular weight is 284 g/mol. The Morgan fingerprint density at radius 2 is 1.75 bits per heavy atom. The van der Waals surface area contributed by atoms with Crippen LogP contribution in [0.25, 0.3) is 16.3 Å². The summed E-state index contributed by atoms with van der Waals surface area (Å²) in [4.78, 5) is 10.2. The predicted molar refractivity (Wildman–Crippen MR) is 75.7 cm³/mol. The van der Waals surface area contributed by atoms with E-state index in [2.05, 4.69) is 5.10 Å². The quantitative estimate of drug-likeness (QED) is 0.422. The van der Waals surface area contributed by atoms with Gasteiger partial charge in [-0.2, -0.15) is 0 Å². The van der Waals surface area contributed by atoms with E-state index in [0.717, 1.165) is 16.3 Å². The Bertz CT molecular complexity index is 739. The maximum Gasteiger partial charge on any atom is 0.269 e. The normalized spacial score (nSPS) is 10.4. The molecule has 0 aliphatic heterocycles. The maximum atomic E-state index is 10.6. The van der Waals surface area contributed by atoms with Gasteiger partial charge in [0.25, 0.3) is 11.2 Å². The molecule has 98 valence electrons. The third-order valence-electron chi connectivity index (χ3n) is 2.81. The summed E-state index contributed by atoms with van der Waals surface area (Å²) in [6, 6.07) is 16.2.